The van der Waals surface area contributed by atoms with E-state index in [4.69, 9.17) is 4.42 Å². The largest absolute Gasteiger partial charge is 0.435 e. The molecule has 120 valence electrons. The first-order chi connectivity index (χ1) is 11.1. The van der Waals surface area contributed by atoms with Gasteiger partial charge in [0.2, 0.25) is 5.89 Å². The standard InChI is InChI=1S/C15H14F2N4O2/c1-3-21-9(2)12(8-18-21)14-20-19-13(23-14)10-4-6-11(7-5-10)22-15(16)17/h4-8,15H,3H2,1-2H3. The van der Waals surface area contributed by atoms with Crippen LogP contribution in [-0.2, 0) is 6.54 Å². The van der Waals surface area contributed by atoms with Crippen LogP contribution >= 0.6 is 0 Å². The second kappa shape index (κ2) is 6.15. The number of hydrogen-bond donors (Lipinski definition) is 0. The molecule has 0 aliphatic rings. The molecule has 0 amide bonds. The van der Waals surface area contributed by atoms with Gasteiger partial charge in [0.05, 0.1) is 11.8 Å². The molecule has 0 atom stereocenters. The van der Waals surface area contributed by atoms with Gasteiger partial charge in [-0.3, -0.25) is 4.68 Å². The maximum atomic E-state index is 12.1. The Morgan fingerprint density at radius 2 is 1.87 bits per heavy atom. The highest BCUT2D eigenvalue weighted by atomic mass is 19.3. The first kappa shape index (κ1) is 15.1. The molecule has 0 radical (unpaired) electrons. The number of alkyl halides is 2. The van der Waals surface area contributed by atoms with Crippen LogP contribution < -0.4 is 4.74 Å². The van der Waals surface area contributed by atoms with Crippen LogP contribution in [-0.4, -0.2) is 26.6 Å². The highest BCUT2D eigenvalue weighted by Gasteiger charge is 2.15. The molecule has 0 N–H and O–H groups in total. The van der Waals surface area contributed by atoms with E-state index < -0.39 is 6.61 Å². The third-order valence-corrected chi connectivity index (χ3v) is 3.38. The van der Waals surface area contributed by atoms with Gasteiger partial charge in [0.25, 0.3) is 5.89 Å². The lowest BCUT2D eigenvalue weighted by atomic mass is 10.2. The Kier molecular flexibility index (Phi) is 4.05. The number of aromatic nitrogens is 4. The van der Waals surface area contributed by atoms with Gasteiger partial charge in [-0.15, -0.1) is 10.2 Å². The fourth-order valence-corrected chi connectivity index (χ4v) is 2.20. The van der Waals surface area contributed by atoms with Crippen molar-refractivity contribution in [3.8, 4) is 28.7 Å². The topological polar surface area (TPSA) is 66.0 Å². The van der Waals surface area contributed by atoms with Crippen LogP contribution in [0.3, 0.4) is 0 Å². The molecule has 0 bridgehead atoms. The van der Waals surface area contributed by atoms with Crippen molar-refractivity contribution in [2.45, 2.75) is 27.0 Å². The van der Waals surface area contributed by atoms with Crippen LogP contribution in [0.2, 0.25) is 0 Å². The molecule has 0 aliphatic carbocycles. The van der Waals surface area contributed by atoms with E-state index in [1.165, 1.54) is 12.1 Å². The summed E-state index contributed by atoms with van der Waals surface area (Å²) in [5.41, 5.74) is 2.32. The highest BCUT2D eigenvalue weighted by molar-refractivity contribution is 5.59. The molecule has 1 aromatic carbocycles. The van der Waals surface area contributed by atoms with Gasteiger partial charge in [-0.25, -0.2) is 0 Å². The summed E-state index contributed by atoms with van der Waals surface area (Å²) in [5.74, 6) is 0.737. The van der Waals surface area contributed by atoms with E-state index >= 15 is 0 Å². The zero-order valence-corrected chi connectivity index (χ0v) is 12.5. The molecule has 0 spiro atoms. The molecule has 0 aliphatic heterocycles. The zero-order chi connectivity index (χ0) is 16.4. The Balaban J connectivity index is 1.85. The lowest BCUT2D eigenvalue weighted by Crippen LogP contribution is -2.01. The van der Waals surface area contributed by atoms with Gasteiger partial charge in [0, 0.05) is 17.8 Å². The maximum Gasteiger partial charge on any atom is 0.387 e. The van der Waals surface area contributed by atoms with E-state index in [2.05, 4.69) is 20.0 Å². The van der Waals surface area contributed by atoms with Gasteiger partial charge >= 0.3 is 6.61 Å². The predicted octanol–water partition coefficient (Wildman–Crippen LogP) is 3.53. The molecule has 0 fully saturated rings. The fourth-order valence-electron chi connectivity index (χ4n) is 2.20. The summed E-state index contributed by atoms with van der Waals surface area (Å²) < 4.78 is 36.0. The maximum absolute atomic E-state index is 12.1. The van der Waals surface area contributed by atoms with E-state index in [-0.39, 0.29) is 5.75 Å². The first-order valence-corrected chi connectivity index (χ1v) is 7.00. The van der Waals surface area contributed by atoms with Crippen molar-refractivity contribution >= 4 is 0 Å². The summed E-state index contributed by atoms with van der Waals surface area (Å²) in [6.45, 7) is 1.81. The average Bonchev–Trinajstić information content (AvgIpc) is 3.14. The number of nitrogens with zero attached hydrogens (tertiary/aromatic N) is 4. The Labute approximate surface area is 130 Å². The second-order valence-electron chi connectivity index (χ2n) is 4.77. The molecule has 3 aromatic rings. The quantitative estimate of drug-likeness (QED) is 0.719. The number of benzene rings is 1. The summed E-state index contributed by atoms with van der Waals surface area (Å²) in [6.07, 6.45) is 1.68. The minimum atomic E-state index is -2.85. The summed E-state index contributed by atoms with van der Waals surface area (Å²) in [5, 5.41) is 12.2. The summed E-state index contributed by atoms with van der Waals surface area (Å²) in [6, 6.07) is 6.01. The molecule has 23 heavy (non-hydrogen) atoms. The lowest BCUT2D eigenvalue weighted by molar-refractivity contribution is -0.0498. The summed E-state index contributed by atoms with van der Waals surface area (Å²) >= 11 is 0. The number of rotatable bonds is 5. The fraction of sp³-hybridized carbons (Fsp3) is 0.267. The molecule has 0 saturated carbocycles. The third-order valence-electron chi connectivity index (χ3n) is 3.38. The van der Waals surface area contributed by atoms with E-state index in [0.29, 0.717) is 17.3 Å². The van der Waals surface area contributed by atoms with E-state index in [1.54, 1.807) is 18.3 Å². The SMILES string of the molecule is CCn1ncc(-c2nnc(-c3ccc(OC(F)F)cc3)o2)c1C. The lowest BCUT2D eigenvalue weighted by Gasteiger charge is -2.03. The number of ether oxygens (including phenoxy) is 1. The smallest absolute Gasteiger partial charge is 0.387 e. The van der Waals surface area contributed by atoms with E-state index in [0.717, 1.165) is 17.8 Å². The van der Waals surface area contributed by atoms with Crippen molar-refractivity contribution < 1.29 is 17.9 Å². The molecule has 8 heteroatoms. The average molecular weight is 320 g/mol. The minimum Gasteiger partial charge on any atom is -0.435 e. The predicted molar refractivity (Wildman–Crippen MR) is 78.0 cm³/mol. The molecule has 0 saturated heterocycles. The highest BCUT2D eigenvalue weighted by Crippen LogP contribution is 2.27. The Bertz CT molecular complexity index is 796. The van der Waals surface area contributed by atoms with Crippen LogP contribution in [0.25, 0.3) is 22.9 Å². The second-order valence-corrected chi connectivity index (χ2v) is 4.77. The van der Waals surface area contributed by atoms with Gasteiger partial charge in [-0.05, 0) is 38.1 Å². The van der Waals surface area contributed by atoms with Crippen molar-refractivity contribution in [3.63, 3.8) is 0 Å². The molecule has 6 nitrogen and oxygen atoms in total. The number of hydrogen-bond acceptors (Lipinski definition) is 5. The van der Waals surface area contributed by atoms with E-state index in [1.807, 2.05) is 18.5 Å². The van der Waals surface area contributed by atoms with E-state index in [9.17, 15) is 8.78 Å². The van der Waals surface area contributed by atoms with Crippen molar-refractivity contribution in [1.82, 2.24) is 20.0 Å². The third kappa shape index (κ3) is 3.05. The molecule has 2 heterocycles. The number of halogens is 2. The molecular weight excluding hydrogens is 306 g/mol. The van der Waals surface area contributed by atoms with Crippen LogP contribution in [0.5, 0.6) is 5.75 Å². The normalized spacial score (nSPS) is 11.2. The summed E-state index contributed by atoms with van der Waals surface area (Å²) in [4.78, 5) is 0. The first-order valence-electron chi connectivity index (χ1n) is 7.00. The zero-order valence-electron chi connectivity index (χ0n) is 12.5. The van der Waals surface area contributed by atoms with Gasteiger partial charge in [0.15, 0.2) is 0 Å². The Hall–Kier alpha value is -2.77. The van der Waals surface area contributed by atoms with Crippen molar-refractivity contribution in [3.05, 3.63) is 36.2 Å². The monoisotopic (exact) mass is 320 g/mol. The van der Waals surface area contributed by atoms with Gasteiger partial charge in [0.1, 0.15) is 5.75 Å². The Morgan fingerprint density at radius 3 is 2.48 bits per heavy atom. The number of aryl methyl sites for hydroxylation is 1. The molecule has 0 unspecified atom stereocenters. The van der Waals surface area contributed by atoms with Crippen molar-refractivity contribution in [2.75, 3.05) is 0 Å². The van der Waals surface area contributed by atoms with Gasteiger partial charge in [-0.2, -0.15) is 13.9 Å². The molecule has 2 aromatic heterocycles. The van der Waals surface area contributed by atoms with Crippen molar-refractivity contribution in [2.24, 2.45) is 0 Å². The molecule has 3 rings (SSSR count). The Morgan fingerprint density at radius 1 is 1.17 bits per heavy atom. The van der Waals surface area contributed by atoms with Crippen LogP contribution in [0.4, 0.5) is 8.78 Å². The summed E-state index contributed by atoms with van der Waals surface area (Å²) in [7, 11) is 0. The van der Waals surface area contributed by atoms with Crippen LogP contribution in [0.15, 0.2) is 34.9 Å². The van der Waals surface area contributed by atoms with Crippen LogP contribution in [0, 0.1) is 6.92 Å². The van der Waals surface area contributed by atoms with Gasteiger partial charge < -0.3 is 9.15 Å². The van der Waals surface area contributed by atoms with Gasteiger partial charge in [-0.1, -0.05) is 0 Å². The van der Waals surface area contributed by atoms with Crippen molar-refractivity contribution in [1.29, 1.82) is 0 Å². The molecular formula is C15H14F2N4O2. The van der Waals surface area contributed by atoms with Crippen LogP contribution in [0.1, 0.15) is 12.6 Å². The minimum absolute atomic E-state index is 0.0727.